The number of benzene rings is 2. The molecule has 2 aromatic rings. The lowest BCUT2D eigenvalue weighted by Crippen LogP contribution is -2.24. The van der Waals surface area contributed by atoms with Crippen LogP contribution in [0.15, 0.2) is 42.5 Å². The highest BCUT2D eigenvalue weighted by molar-refractivity contribution is 7.99. The molecule has 2 rings (SSSR count). The Labute approximate surface area is 151 Å². The molecule has 0 heterocycles. The number of rotatable bonds is 6. The van der Waals surface area contributed by atoms with Gasteiger partial charge in [-0.15, -0.1) is 11.8 Å². The normalized spacial score (nSPS) is 11.4. The molecule has 0 aliphatic heterocycles. The van der Waals surface area contributed by atoms with Crippen LogP contribution < -0.4 is 5.32 Å². The summed E-state index contributed by atoms with van der Waals surface area (Å²) in [6, 6.07) is 9.08. The minimum absolute atomic E-state index is 0.00137. The van der Waals surface area contributed by atoms with Crippen molar-refractivity contribution < 1.29 is 22.4 Å². The van der Waals surface area contributed by atoms with Crippen LogP contribution in [0.3, 0.4) is 0 Å². The Morgan fingerprint density at radius 1 is 1.16 bits per heavy atom. The summed E-state index contributed by atoms with van der Waals surface area (Å²) in [5, 5.41) is 2.84. The van der Waals surface area contributed by atoms with Crippen LogP contribution in [0, 0.1) is 5.82 Å². The Balaban J connectivity index is 1.79. The fraction of sp³-hybridized carbons (Fsp3) is 0.235. The van der Waals surface area contributed by atoms with Crippen molar-refractivity contribution in [2.45, 2.75) is 18.5 Å². The van der Waals surface area contributed by atoms with Gasteiger partial charge in [0.1, 0.15) is 5.82 Å². The van der Waals surface area contributed by atoms with Crippen molar-refractivity contribution in [3.8, 4) is 0 Å². The lowest BCUT2D eigenvalue weighted by Gasteiger charge is -2.10. The van der Waals surface area contributed by atoms with Gasteiger partial charge in [0.25, 0.3) is 0 Å². The molecule has 0 saturated carbocycles. The van der Waals surface area contributed by atoms with Crippen LogP contribution in [0.5, 0.6) is 0 Å². The second-order valence-electron chi connectivity index (χ2n) is 5.20. The number of hydrogen-bond donors (Lipinski definition) is 1. The van der Waals surface area contributed by atoms with Crippen molar-refractivity contribution in [2.75, 3.05) is 5.75 Å². The number of amides is 1. The molecule has 2 nitrogen and oxygen atoms in total. The van der Waals surface area contributed by atoms with Crippen LogP contribution in [0.2, 0.25) is 5.02 Å². The van der Waals surface area contributed by atoms with E-state index in [9.17, 15) is 22.4 Å². The van der Waals surface area contributed by atoms with Crippen LogP contribution in [-0.2, 0) is 23.3 Å². The molecule has 0 unspecified atom stereocenters. The second-order valence-corrected chi connectivity index (χ2v) is 6.63. The smallest absolute Gasteiger partial charge is 0.351 e. The fourth-order valence-corrected chi connectivity index (χ4v) is 3.00. The first-order valence-corrected chi connectivity index (χ1v) is 8.73. The van der Waals surface area contributed by atoms with E-state index in [1.807, 2.05) is 0 Å². The average molecular weight is 392 g/mol. The number of halogens is 5. The van der Waals surface area contributed by atoms with E-state index in [0.717, 1.165) is 12.1 Å². The third kappa shape index (κ3) is 6.25. The fourth-order valence-electron chi connectivity index (χ4n) is 2.00. The third-order valence-corrected chi connectivity index (χ3v) is 4.47. The Morgan fingerprint density at radius 3 is 2.60 bits per heavy atom. The van der Waals surface area contributed by atoms with Crippen LogP contribution in [0.1, 0.15) is 16.7 Å². The number of nitrogens with one attached hydrogen (secondary N) is 1. The number of hydrogen-bond acceptors (Lipinski definition) is 2. The molecule has 25 heavy (non-hydrogen) atoms. The van der Waals surface area contributed by atoms with Crippen LogP contribution in [0.4, 0.5) is 17.6 Å². The predicted octanol–water partition coefficient (Wildman–Crippen LogP) is 5.05. The number of thioether (sulfide) groups is 1. The van der Waals surface area contributed by atoms with Gasteiger partial charge in [-0.3, -0.25) is 4.79 Å². The molecule has 0 atom stereocenters. The van der Waals surface area contributed by atoms with Crippen molar-refractivity contribution in [3.63, 3.8) is 0 Å². The van der Waals surface area contributed by atoms with E-state index in [-0.39, 0.29) is 18.2 Å². The number of carbonyl (C=O) groups excluding carboxylic acids is 1. The standard InChI is InChI=1S/C17H14ClF4NOS/c18-14-5-4-12(15(19)7-14)9-25-10-16(24)23-8-11-2-1-3-13(6-11)17(20,21)22/h1-7H,8-10H2,(H,23,24). The highest BCUT2D eigenvalue weighted by atomic mass is 35.5. The molecule has 1 N–H and O–H groups in total. The molecule has 134 valence electrons. The van der Waals surface area contributed by atoms with E-state index < -0.39 is 17.6 Å². The van der Waals surface area contributed by atoms with Gasteiger partial charge in [0.2, 0.25) is 5.91 Å². The molecule has 0 saturated heterocycles. The molecule has 0 aromatic heterocycles. The van der Waals surface area contributed by atoms with Crippen molar-refractivity contribution >= 4 is 29.3 Å². The second kappa shape index (κ2) is 8.58. The largest absolute Gasteiger partial charge is 0.416 e. The van der Waals surface area contributed by atoms with Gasteiger partial charge in [0.15, 0.2) is 0 Å². The molecule has 0 aliphatic carbocycles. The van der Waals surface area contributed by atoms with Gasteiger partial charge in [-0.1, -0.05) is 29.8 Å². The van der Waals surface area contributed by atoms with Crippen LogP contribution in [-0.4, -0.2) is 11.7 Å². The zero-order chi connectivity index (χ0) is 18.4. The lowest BCUT2D eigenvalue weighted by atomic mass is 10.1. The number of alkyl halides is 3. The number of carbonyl (C=O) groups is 1. The van der Waals surface area contributed by atoms with E-state index in [1.54, 1.807) is 12.1 Å². The van der Waals surface area contributed by atoms with Gasteiger partial charge in [0.05, 0.1) is 11.3 Å². The van der Waals surface area contributed by atoms with Crippen LogP contribution >= 0.6 is 23.4 Å². The molecule has 1 amide bonds. The molecule has 0 fully saturated rings. The van der Waals surface area contributed by atoms with Gasteiger partial charge in [-0.2, -0.15) is 13.2 Å². The lowest BCUT2D eigenvalue weighted by molar-refractivity contribution is -0.137. The van der Waals surface area contributed by atoms with Crippen molar-refractivity contribution in [2.24, 2.45) is 0 Å². The molecule has 8 heteroatoms. The Morgan fingerprint density at radius 2 is 1.92 bits per heavy atom. The maximum Gasteiger partial charge on any atom is 0.416 e. The van der Waals surface area contributed by atoms with Gasteiger partial charge in [-0.05, 0) is 35.4 Å². The Kier molecular flexibility index (Phi) is 6.72. The SMILES string of the molecule is O=C(CSCc1ccc(Cl)cc1F)NCc1cccc(C(F)(F)F)c1. The van der Waals surface area contributed by atoms with Crippen molar-refractivity contribution in [1.82, 2.24) is 5.32 Å². The van der Waals surface area contributed by atoms with Crippen molar-refractivity contribution in [3.05, 3.63) is 70.0 Å². The zero-order valence-electron chi connectivity index (χ0n) is 12.9. The summed E-state index contributed by atoms with van der Waals surface area (Å²) in [6.45, 7) is -0.00137. The molecule has 0 aliphatic rings. The highest BCUT2D eigenvalue weighted by Gasteiger charge is 2.30. The topological polar surface area (TPSA) is 29.1 Å². The summed E-state index contributed by atoms with van der Waals surface area (Å²) in [4.78, 5) is 11.8. The maximum absolute atomic E-state index is 13.6. The van der Waals surface area contributed by atoms with Gasteiger partial charge in [-0.25, -0.2) is 4.39 Å². The zero-order valence-corrected chi connectivity index (χ0v) is 14.4. The predicted molar refractivity (Wildman–Crippen MR) is 90.9 cm³/mol. The Bertz CT molecular complexity index is 752. The summed E-state index contributed by atoms with van der Waals surface area (Å²) < 4.78 is 51.5. The first-order valence-electron chi connectivity index (χ1n) is 7.20. The average Bonchev–Trinajstić information content (AvgIpc) is 2.54. The first kappa shape index (κ1) is 19.6. The molecule has 0 spiro atoms. The minimum Gasteiger partial charge on any atom is -0.351 e. The summed E-state index contributed by atoms with van der Waals surface area (Å²) in [7, 11) is 0. The third-order valence-electron chi connectivity index (χ3n) is 3.25. The van der Waals surface area contributed by atoms with E-state index >= 15 is 0 Å². The molecule has 2 aromatic carbocycles. The minimum atomic E-state index is -4.42. The summed E-state index contributed by atoms with van der Waals surface area (Å²) in [5.41, 5.74) is 0.0313. The maximum atomic E-state index is 13.6. The van der Waals surface area contributed by atoms with E-state index in [2.05, 4.69) is 5.32 Å². The van der Waals surface area contributed by atoms with Gasteiger partial charge in [0, 0.05) is 17.3 Å². The first-order chi connectivity index (χ1) is 11.8. The quantitative estimate of drug-likeness (QED) is 0.698. The summed E-state index contributed by atoms with van der Waals surface area (Å²) in [6.07, 6.45) is -4.42. The van der Waals surface area contributed by atoms with E-state index in [1.165, 1.54) is 30.0 Å². The Hall–Kier alpha value is -1.73. The van der Waals surface area contributed by atoms with E-state index in [4.69, 9.17) is 11.6 Å². The molecule has 0 radical (unpaired) electrons. The van der Waals surface area contributed by atoms with E-state index in [0.29, 0.717) is 21.9 Å². The summed E-state index contributed by atoms with van der Waals surface area (Å²) in [5.74, 6) is -0.415. The van der Waals surface area contributed by atoms with Gasteiger partial charge >= 0.3 is 6.18 Å². The highest BCUT2D eigenvalue weighted by Crippen LogP contribution is 2.29. The van der Waals surface area contributed by atoms with Crippen LogP contribution in [0.25, 0.3) is 0 Å². The molecular formula is C17H14ClF4NOS. The molecule has 0 bridgehead atoms. The van der Waals surface area contributed by atoms with Crippen molar-refractivity contribution in [1.29, 1.82) is 0 Å². The molecular weight excluding hydrogens is 378 g/mol. The summed E-state index contributed by atoms with van der Waals surface area (Å²) >= 11 is 6.86. The monoisotopic (exact) mass is 391 g/mol. The van der Waals surface area contributed by atoms with Gasteiger partial charge < -0.3 is 5.32 Å².